The van der Waals surface area contributed by atoms with Crippen molar-refractivity contribution in [2.75, 3.05) is 0 Å². The lowest BCUT2D eigenvalue weighted by Crippen LogP contribution is -2.43. The molecule has 5 nitrogen and oxygen atoms in total. The fourth-order valence-electron chi connectivity index (χ4n) is 4.69. The first kappa shape index (κ1) is 22.0. The topological polar surface area (TPSA) is 64.0 Å². The van der Waals surface area contributed by atoms with Gasteiger partial charge in [0.1, 0.15) is 4.90 Å². The highest BCUT2D eigenvalue weighted by Crippen LogP contribution is 2.39. The lowest BCUT2D eigenvalue weighted by atomic mass is 9.71. The molecule has 1 heterocycles. The maximum absolute atomic E-state index is 13.4. The molecule has 1 aromatic heterocycles. The van der Waals surface area contributed by atoms with Gasteiger partial charge in [-0.2, -0.15) is 5.10 Å². The molecule has 2 unspecified atom stereocenters. The van der Waals surface area contributed by atoms with E-state index in [0.29, 0.717) is 23.1 Å². The highest BCUT2D eigenvalue weighted by molar-refractivity contribution is 7.89. The third-order valence-electron chi connectivity index (χ3n) is 5.62. The zero-order chi connectivity index (χ0) is 21.4. The number of rotatable bonds is 5. The van der Waals surface area contributed by atoms with E-state index < -0.39 is 10.0 Å². The van der Waals surface area contributed by atoms with Crippen LogP contribution in [0.5, 0.6) is 0 Å². The van der Waals surface area contributed by atoms with Crippen molar-refractivity contribution in [1.82, 2.24) is 14.5 Å². The van der Waals surface area contributed by atoms with Crippen molar-refractivity contribution in [3.8, 4) is 0 Å². The first-order valence-electron chi connectivity index (χ1n) is 10.5. The van der Waals surface area contributed by atoms with Crippen molar-refractivity contribution in [2.24, 2.45) is 11.3 Å². The molecule has 0 aliphatic heterocycles. The largest absolute Gasteiger partial charge is 0.267 e. The number of hydrogen-bond acceptors (Lipinski definition) is 3. The number of hydrogen-bond donors (Lipinski definition) is 1. The van der Waals surface area contributed by atoms with Gasteiger partial charge < -0.3 is 0 Å². The molecule has 1 aromatic carbocycles. The summed E-state index contributed by atoms with van der Waals surface area (Å²) in [5.74, 6) is 0.509. The van der Waals surface area contributed by atoms with Gasteiger partial charge in [0.05, 0.1) is 12.2 Å². The predicted molar refractivity (Wildman–Crippen MR) is 117 cm³/mol. The van der Waals surface area contributed by atoms with Crippen LogP contribution in [0.2, 0.25) is 0 Å². The molecule has 0 spiro atoms. The Balaban J connectivity index is 1.91. The number of benzene rings is 1. The van der Waals surface area contributed by atoms with E-state index in [1.807, 2.05) is 51.1 Å². The van der Waals surface area contributed by atoms with Gasteiger partial charge in [-0.15, -0.1) is 0 Å². The Hall–Kier alpha value is -1.66. The van der Waals surface area contributed by atoms with Gasteiger partial charge in [0, 0.05) is 17.7 Å². The van der Waals surface area contributed by atoms with Gasteiger partial charge in [-0.3, -0.25) is 4.68 Å². The highest BCUT2D eigenvalue weighted by atomic mass is 32.2. The van der Waals surface area contributed by atoms with Crippen molar-refractivity contribution in [3.63, 3.8) is 0 Å². The van der Waals surface area contributed by atoms with E-state index in [-0.39, 0.29) is 16.9 Å². The Bertz CT molecular complexity index is 940. The summed E-state index contributed by atoms with van der Waals surface area (Å²) in [5.41, 5.74) is 1.49. The Morgan fingerprint density at radius 1 is 1.17 bits per heavy atom. The molecule has 2 atom stereocenters. The zero-order valence-corrected chi connectivity index (χ0v) is 19.4. The van der Waals surface area contributed by atoms with Gasteiger partial charge in [0.25, 0.3) is 0 Å². The van der Waals surface area contributed by atoms with Crippen LogP contribution in [0.1, 0.15) is 72.1 Å². The van der Waals surface area contributed by atoms with E-state index in [1.165, 1.54) is 0 Å². The molecule has 1 aliphatic rings. The van der Waals surface area contributed by atoms with Crippen LogP contribution in [0.4, 0.5) is 0 Å². The lowest BCUT2D eigenvalue weighted by Gasteiger charge is -2.39. The summed E-state index contributed by atoms with van der Waals surface area (Å²) < 4.78 is 31.5. The molecule has 1 saturated carbocycles. The minimum absolute atomic E-state index is 0.0379. The maximum Gasteiger partial charge on any atom is 0.244 e. The maximum atomic E-state index is 13.4. The summed E-state index contributed by atoms with van der Waals surface area (Å²) in [7, 11) is -3.65. The van der Waals surface area contributed by atoms with Crippen molar-refractivity contribution in [2.45, 2.75) is 83.7 Å². The van der Waals surface area contributed by atoms with Crippen LogP contribution in [0, 0.1) is 11.3 Å². The van der Waals surface area contributed by atoms with Gasteiger partial charge in [-0.05, 0) is 36.2 Å². The molecule has 1 aliphatic carbocycles. The molecule has 1 fully saturated rings. The molecule has 2 aromatic rings. The quantitative estimate of drug-likeness (QED) is 0.765. The second-order valence-electron chi connectivity index (χ2n) is 10.5. The summed E-state index contributed by atoms with van der Waals surface area (Å²) in [5, 5.41) is 4.68. The Morgan fingerprint density at radius 2 is 1.83 bits per heavy atom. The number of sulfonamides is 1. The van der Waals surface area contributed by atoms with Crippen LogP contribution in [-0.4, -0.2) is 24.2 Å². The Kier molecular flexibility index (Phi) is 5.98. The van der Waals surface area contributed by atoms with Crippen molar-refractivity contribution >= 4 is 10.0 Å². The number of nitrogens with one attached hydrogen (secondary N) is 1. The summed E-state index contributed by atoms with van der Waals surface area (Å²) in [4.78, 5) is 0.303. The van der Waals surface area contributed by atoms with Crippen LogP contribution in [-0.2, 0) is 22.0 Å². The molecule has 29 heavy (non-hydrogen) atoms. The van der Waals surface area contributed by atoms with Crippen LogP contribution in [0.15, 0.2) is 41.4 Å². The van der Waals surface area contributed by atoms with E-state index >= 15 is 0 Å². The molecule has 0 bridgehead atoms. The Morgan fingerprint density at radius 3 is 2.41 bits per heavy atom. The van der Waals surface area contributed by atoms with Crippen molar-refractivity contribution in [3.05, 3.63) is 47.8 Å². The molecule has 3 rings (SSSR count). The number of nitrogens with zero attached hydrogens (tertiary/aromatic N) is 2. The fraction of sp³-hybridized carbons (Fsp3) is 0.609. The summed E-state index contributed by atoms with van der Waals surface area (Å²) >= 11 is 0. The fourth-order valence-corrected chi connectivity index (χ4v) is 6.30. The third-order valence-corrected chi connectivity index (χ3v) is 7.15. The van der Waals surface area contributed by atoms with Crippen LogP contribution < -0.4 is 4.72 Å². The minimum Gasteiger partial charge on any atom is -0.267 e. The van der Waals surface area contributed by atoms with E-state index in [4.69, 9.17) is 0 Å². The third kappa shape index (κ3) is 5.48. The first-order chi connectivity index (χ1) is 13.4. The normalized spacial score (nSPS) is 22.6. The van der Waals surface area contributed by atoms with Gasteiger partial charge in [0.15, 0.2) is 0 Å². The van der Waals surface area contributed by atoms with E-state index in [1.54, 1.807) is 10.9 Å². The van der Waals surface area contributed by atoms with Crippen LogP contribution in [0.3, 0.4) is 0 Å². The standard InChI is InChI=1S/C23H35N3O2S/c1-17-12-19(14-23(5,6)13-17)25-29(27,28)20-16-26(24-21(20)22(2,3)4)15-18-10-8-7-9-11-18/h7-11,16-17,19,25H,12-15H2,1-6H3. The van der Waals surface area contributed by atoms with Crippen LogP contribution >= 0.6 is 0 Å². The van der Waals surface area contributed by atoms with E-state index in [0.717, 1.165) is 24.8 Å². The smallest absolute Gasteiger partial charge is 0.244 e. The Labute approximate surface area is 176 Å². The molecule has 0 amide bonds. The predicted octanol–water partition coefficient (Wildman–Crippen LogP) is 4.72. The molecular weight excluding hydrogens is 382 g/mol. The van der Waals surface area contributed by atoms with E-state index in [9.17, 15) is 8.42 Å². The molecule has 0 saturated heterocycles. The highest BCUT2D eigenvalue weighted by Gasteiger charge is 2.36. The molecule has 6 heteroatoms. The SMILES string of the molecule is CC1CC(NS(=O)(=O)c2cn(Cc3ccccc3)nc2C(C)(C)C)CC(C)(C)C1. The van der Waals surface area contributed by atoms with Crippen molar-refractivity contribution < 1.29 is 8.42 Å². The molecular formula is C23H35N3O2S. The van der Waals surface area contributed by atoms with Gasteiger partial charge in [0.2, 0.25) is 10.0 Å². The number of aromatic nitrogens is 2. The summed E-state index contributed by atoms with van der Waals surface area (Å²) in [6, 6.07) is 9.94. The first-order valence-corrected chi connectivity index (χ1v) is 12.0. The van der Waals surface area contributed by atoms with Gasteiger partial charge in [-0.25, -0.2) is 13.1 Å². The zero-order valence-electron chi connectivity index (χ0n) is 18.6. The molecule has 0 radical (unpaired) electrons. The van der Waals surface area contributed by atoms with E-state index in [2.05, 4.69) is 30.6 Å². The lowest BCUT2D eigenvalue weighted by molar-refractivity contribution is 0.163. The van der Waals surface area contributed by atoms with Gasteiger partial charge in [-0.1, -0.05) is 71.9 Å². The summed E-state index contributed by atoms with van der Waals surface area (Å²) in [6.07, 6.45) is 4.56. The van der Waals surface area contributed by atoms with Gasteiger partial charge >= 0.3 is 0 Å². The average Bonchev–Trinajstić information content (AvgIpc) is 2.98. The molecule has 1 N–H and O–H groups in total. The monoisotopic (exact) mass is 417 g/mol. The molecule has 160 valence electrons. The summed E-state index contributed by atoms with van der Waals surface area (Å²) in [6.45, 7) is 13.2. The average molecular weight is 418 g/mol. The second-order valence-corrected chi connectivity index (χ2v) is 12.2. The van der Waals surface area contributed by atoms with Crippen LogP contribution in [0.25, 0.3) is 0 Å². The second kappa shape index (κ2) is 7.88. The van der Waals surface area contributed by atoms with Crippen molar-refractivity contribution in [1.29, 1.82) is 0 Å². The minimum atomic E-state index is -3.65.